The number of nitrogens with one attached hydrogen (secondary N) is 2. The van der Waals surface area contributed by atoms with E-state index in [0.29, 0.717) is 19.2 Å². The number of piperidine rings is 1. The van der Waals surface area contributed by atoms with Crippen molar-refractivity contribution in [3.05, 3.63) is 24.5 Å². The van der Waals surface area contributed by atoms with Gasteiger partial charge in [0.25, 0.3) is 0 Å². The monoisotopic (exact) mass is 475 g/mol. The second-order valence-corrected chi connectivity index (χ2v) is 6.41. The molecule has 1 saturated heterocycles. The van der Waals surface area contributed by atoms with Crippen LogP contribution in [0.3, 0.4) is 0 Å². The lowest BCUT2D eigenvalue weighted by molar-refractivity contribution is 0.203. The molecule has 0 aromatic carbocycles. The van der Waals surface area contributed by atoms with E-state index in [1.165, 1.54) is 45.3 Å². The molecule has 1 aromatic heterocycles. The van der Waals surface area contributed by atoms with Crippen molar-refractivity contribution in [3.8, 4) is 5.75 Å². The Hall–Kier alpha value is -1.09. The van der Waals surface area contributed by atoms with E-state index in [1.807, 2.05) is 12.1 Å². The van der Waals surface area contributed by atoms with Crippen LogP contribution in [0.25, 0.3) is 0 Å². The minimum Gasteiger partial charge on any atom is -0.490 e. The van der Waals surface area contributed by atoms with E-state index in [2.05, 4.69) is 39.4 Å². The quantitative estimate of drug-likeness (QED) is 0.249. The van der Waals surface area contributed by atoms with Crippen LogP contribution < -0.4 is 15.4 Å². The van der Waals surface area contributed by atoms with Crippen molar-refractivity contribution < 1.29 is 4.74 Å². The molecule has 6 nitrogen and oxygen atoms in total. The zero-order chi connectivity index (χ0) is 17.7. The zero-order valence-corrected chi connectivity index (χ0v) is 18.4. The number of aromatic nitrogens is 1. The first-order valence-electron chi connectivity index (χ1n) is 9.61. The molecular formula is C19H34IN5O. The Morgan fingerprint density at radius 2 is 2.15 bits per heavy atom. The van der Waals surface area contributed by atoms with Gasteiger partial charge in [0.1, 0.15) is 12.4 Å². The molecule has 148 valence electrons. The molecule has 0 amide bonds. The van der Waals surface area contributed by atoms with E-state index in [9.17, 15) is 0 Å². The van der Waals surface area contributed by atoms with E-state index in [4.69, 9.17) is 4.74 Å². The molecule has 2 N–H and O–H groups in total. The summed E-state index contributed by atoms with van der Waals surface area (Å²) < 4.78 is 5.64. The van der Waals surface area contributed by atoms with Gasteiger partial charge in [-0.15, -0.1) is 24.0 Å². The van der Waals surface area contributed by atoms with E-state index < -0.39 is 0 Å². The lowest BCUT2D eigenvalue weighted by atomic mass is 10.0. The molecule has 26 heavy (non-hydrogen) atoms. The number of unbranched alkanes of at least 4 members (excludes halogenated alkanes) is 1. The molecule has 2 rings (SSSR count). The molecule has 0 spiro atoms. The van der Waals surface area contributed by atoms with Crippen LogP contribution in [0.2, 0.25) is 0 Å². The van der Waals surface area contributed by atoms with Crippen molar-refractivity contribution in [2.75, 3.05) is 39.3 Å². The van der Waals surface area contributed by atoms with Gasteiger partial charge in [-0.2, -0.15) is 0 Å². The summed E-state index contributed by atoms with van der Waals surface area (Å²) in [4.78, 5) is 11.2. The molecule has 7 heteroatoms. The van der Waals surface area contributed by atoms with Crippen molar-refractivity contribution in [1.29, 1.82) is 0 Å². The molecule has 0 bridgehead atoms. The highest BCUT2D eigenvalue weighted by Gasteiger charge is 2.19. The summed E-state index contributed by atoms with van der Waals surface area (Å²) in [5.41, 5.74) is 0. The summed E-state index contributed by atoms with van der Waals surface area (Å²) in [7, 11) is 0. The van der Waals surface area contributed by atoms with Gasteiger partial charge in [0, 0.05) is 31.9 Å². The number of ether oxygens (including phenoxy) is 1. The van der Waals surface area contributed by atoms with Crippen molar-refractivity contribution in [3.63, 3.8) is 0 Å². The molecule has 1 aliphatic heterocycles. The van der Waals surface area contributed by atoms with Crippen molar-refractivity contribution in [1.82, 2.24) is 20.5 Å². The molecule has 0 atom stereocenters. The molecule has 0 saturated carbocycles. The first-order chi connectivity index (χ1) is 12.3. The highest BCUT2D eigenvalue weighted by molar-refractivity contribution is 14.0. The topological polar surface area (TPSA) is 61.8 Å². The lowest BCUT2D eigenvalue weighted by Gasteiger charge is -2.33. The molecule has 2 heterocycles. The van der Waals surface area contributed by atoms with Crippen LogP contribution in [-0.2, 0) is 0 Å². The average Bonchev–Trinajstić information content (AvgIpc) is 2.65. The summed E-state index contributed by atoms with van der Waals surface area (Å²) in [6.45, 7) is 10.00. The number of likely N-dealkylation sites (tertiary alicyclic amines) is 1. The van der Waals surface area contributed by atoms with Crippen LogP contribution >= 0.6 is 24.0 Å². The lowest BCUT2D eigenvalue weighted by Crippen LogP contribution is -2.48. The summed E-state index contributed by atoms with van der Waals surface area (Å²) >= 11 is 0. The van der Waals surface area contributed by atoms with Crippen LogP contribution in [-0.4, -0.2) is 61.2 Å². The minimum absolute atomic E-state index is 0. The fourth-order valence-corrected chi connectivity index (χ4v) is 2.95. The van der Waals surface area contributed by atoms with Gasteiger partial charge in [-0.05, 0) is 44.9 Å². The molecule has 1 aliphatic rings. The third-order valence-corrected chi connectivity index (χ3v) is 4.36. The maximum Gasteiger partial charge on any atom is 0.191 e. The van der Waals surface area contributed by atoms with Crippen molar-refractivity contribution in [2.24, 2.45) is 4.99 Å². The van der Waals surface area contributed by atoms with Crippen LogP contribution in [0, 0.1) is 0 Å². The summed E-state index contributed by atoms with van der Waals surface area (Å²) in [6.07, 6.45) is 8.40. The van der Waals surface area contributed by atoms with Gasteiger partial charge >= 0.3 is 0 Å². The number of hydrogen-bond donors (Lipinski definition) is 2. The van der Waals surface area contributed by atoms with E-state index in [0.717, 1.165) is 18.3 Å². The number of nitrogens with zero attached hydrogens (tertiary/aromatic N) is 3. The minimum atomic E-state index is 0. The smallest absolute Gasteiger partial charge is 0.191 e. The predicted molar refractivity (Wildman–Crippen MR) is 119 cm³/mol. The number of aliphatic imine (C=N–C) groups is 1. The predicted octanol–water partition coefficient (Wildman–Crippen LogP) is 2.90. The Morgan fingerprint density at radius 1 is 1.35 bits per heavy atom. The highest BCUT2D eigenvalue weighted by Crippen LogP contribution is 2.11. The molecule has 1 aromatic rings. The first kappa shape index (κ1) is 23.0. The van der Waals surface area contributed by atoms with E-state index in [1.54, 1.807) is 12.4 Å². The molecule has 0 aliphatic carbocycles. The van der Waals surface area contributed by atoms with Gasteiger partial charge in [-0.25, -0.2) is 4.99 Å². The third-order valence-electron chi connectivity index (χ3n) is 4.36. The second kappa shape index (κ2) is 14.0. The van der Waals surface area contributed by atoms with Gasteiger partial charge in [-0.3, -0.25) is 4.98 Å². The van der Waals surface area contributed by atoms with Gasteiger partial charge in [0.15, 0.2) is 5.96 Å². The Balaban J connectivity index is 0.00000338. The number of guanidine groups is 1. The normalized spacial score (nSPS) is 16.0. The summed E-state index contributed by atoms with van der Waals surface area (Å²) in [5.74, 6) is 1.68. The average molecular weight is 475 g/mol. The first-order valence-corrected chi connectivity index (χ1v) is 9.61. The largest absolute Gasteiger partial charge is 0.490 e. The number of hydrogen-bond acceptors (Lipinski definition) is 4. The van der Waals surface area contributed by atoms with Crippen LogP contribution in [0.1, 0.15) is 39.5 Å². The van der Waals surface area contributed by atoms with Crippen molar-refractivity contribution in [2.45, 2.75) is 45.6 Å². The Labute approximate surface area is 175 Å². The van der Waals surface area contributed by atoms with Gasteiger partial charge in [0.05, 0.1) is 12.7 Å². The number of rotatable bonds is 9. The van der Waals surface area contributed by atoms with Gasteiger partial charge in [0.2, 0.25) is 0 Å². The van der Waals surface area contributed by atoms with Gasteiger partial charge < -0.3 is 20.3 Å². The second-order valence-electron chi connectivity index (χ2n) is 6.41. The standard InChI is InChI=1S/C19H33N5O.HI/c1-3-5-12-24-13-8-17(9-14-24)23-19(21-4-2)22-11-15-25-18-7-6-10-20-16-18;/h6-7,10,16-17H,3-5,8-9,11-15H2,1-2H3,(H2,21,22,23);1H. The number of pyridine rings is 1. The molecule has 0 radical (unpaired) electrons. The van der Waals surface area contributed by atoms with Crippen molar-refractivity contribution >= 4 is 29.9 Å². The Kier molecular flexibility index (Phi) is 12.4. The Bertz CT molecular complexity index is 492. The SMILES string of the molecule is CCCCN1CCC(NC(=NCCOc2cccnc2)NCC)CC1.I. The van der Waals surface area contributed by atoms with Gasteiger partial charge in [-0.1, -0.05) is 13.3 Å². The maximum atomic E-state index is 5.64. The van der Waals surface area contributed by atoms with E-state index >= 15 is 0 Å². The highest BCUT2D eigenvalue weighted by atomic mass is 127. The number of halogens is 1. The third kappa shape index (κ3) is 9.02. The summed E-state index contributed by atoms with van der Waals surface area (Å²) in [5, 5.41) is 6.91. The van der Waals surface area contributed by atoms with Crippen LogP contribution in [0.15, 0.2) is 29.5 Å². The molecule has 1 fully saturated rings. The van der Waals surface area contributed by atoms with Crippen LogP contribution in [0.4, 0.5) is 0 Å². The molecule has 0 unspecified atom stereocenters. The Morgan fingerprint density at radius 3 is 2.81 bits per heavy atom. The van der Waals surface area contributed by atoms with Crippen LogP contribution in [0.5, 0.6) is 5.75 Å². The maximum absolute atomic E-state index is 5.64. The molecular weight excluding hydrogens is 441 g/mol. The van der Waals surface area contributed by atoms with E-state index in [-0.39, 0.29) is 24.0 Å². The fraction of sp³-hybridized carbons (Fsp3) is 0.684. The fourth-order valence-electron chi connectivity index (χ4n) is 2.95. The summed E-state index contributed by atoms with van der Waals surface area (Å²) in [6, 6.07) is 4.29. The zero-order valence-electron chi connectivity index (χ0n) is 16.1.